The van der Waals surface area contributed by atoms with E-state index in [9.17, 15) is 9.59 Å². The molecule has 0 heterocycles. The van der Waals surface area contributed by atoms with E-state index < -0.39 is 17.9 Å². The lowest BCUT2D eigenvalue weighted by molar-refractivity contribution is -0.148. The summed E-state index contributed by atoms with van der Waals surface area (Å²) in [5.74, 6) is -1.25. The molecule has 5 nitrogen and oxygen atoms in total. The summed E-state index contributed by atoms with van der Waals surface area (Å²) in [6, 6.07) is 6.28. The van der Waals surface area contributed by atoms with Crippen LogP contribution in [0.5, 0.6) is 0 Å². The Hall–Kier alpha value is -1.88. The van der Waals surface area contributed by atoms with E-state index in [2.05, 4.69) is 5.32 Å². The second kappa shape index (κ2) is 6.89. The number of ether oxygens (including phenoxy) is 1. The van der Waals surface area contributed by atoms with Crippen molar-refractivity contribution in [3.63, 3.8) is 0 Å². The van der Waals surface area contributed by atoms with Crippen LogP contribution in [0, 0.1) is 6.92 Å². The Morgan fingerprint density at radius 3 is 2.42 bits per heavy atom. The van der Waals surface area contributed by atoms with Gasteiger partial charge in [0, 0.05) is 0 Å². The van der Waals surface area contributed by atoms with Crippen molar-refractivity contribution in [1.82, 2.24) is 5.32 Å². The van der Waals surface area contributed by atoms with Crippen LogP contribution in [-0.2, 0) is 14.3 Å². The summed E-state index contributed by atoms with van der Waals surface area (Å²) < 4.78 is 4.70. The largest absolute Gasteiger partial charge is 0.464 e. The quantitative estimate of drug-likeness (QED) is 0.615. The Bertz CT molecular complexity index is 443. The molecule has 1 rings (SSSR count). The minimum Gasteiger partial charge on any atom is -0.464 e. The van der Waals surface area contributed by atoms with Crippen LogP contribution in [-0.4, -0.2) is 24.5 Å². The molecule has 0 radical (unpaired) electrons. The van der Waals surface area contributed by atoms with Gasteiger partial charge in [-0.3, -0.25) is 4.79 Å². The zero-order valence-corrected chi connectivity index (χ0v) is 11.5. The Morgan fingerprint density at radius 2 is 1.89 bits per heavy atom. The van der Waals surface area contributed by atoms with E-state index in [0.717, 1.165) is 11.1 Å². The first-order valence-electron chi connectivity index (χ1n) is 6.24. The lowest BCUT2D eigenvalue weighted by Gasteiger charge is -2.17. The van der Waals surface area contributed by atoms with Crippen LogP contribution in [0.15, 0.2) is 24.3 Å². The molecular formula is C14H20N2O3. The molecule has 5 heteroatoms. The molecule has 0 saturated carbocycles. The summed E-state index contributed by atoms with van der Waals surface area (Å²) >= 11 is 0. The highest BCUT2D eigenvalue weighted by Crippen LogP contribution is 2.13. The average molecular weight is 264 g/mol. The van der Waals surface area contributed by atoms with Crippen molar-refractivity contribution in [1.29, 1.82) is 0 Å². The normalized spacial score (nSPS) is 13.5. The minimum absolute atomic E-state index is 0.202. The van der Waals surface area contributed by atoms with Crippen LogP contribution in [0.1, 0.15) is 31.0 Å². The number of carbonyl (C=O) groups is 2. The molecule has 1 amide bonds. The van der Waals surface area contributed by atoms with Crippen LogP contribution < -0.4 is 11.1 Å². The van der Waals surface area contributed by atoms with Gasteiger partial charge in [0.1, 0.15) is 0 Å². The molecular weight excluding hydrogens is 244 g/mol. The maximum absolute atomic E-state index is 11.8. The number of esters is 1. The fourth-order valence-electron chi connectivity index (χ4n) is 1.58. The number of hydrogen-bond donors (Lipinski definition) is 2. The van der Waals surface area contributed by atoms with Crippen LogP contribution in [0.4, 0.5) is 0 Å². The lowest BCUT2D eigenvalue weighted by atomic mass is 10.1. The molecule has 0 aliphatic carbocycles. The van der Waals surface area contributed by atoms with Gasteiger partial charge in [-0.2, -0.15) is 0 Å². The predicted molar refractivity (Wildman–Crippen MR) is 72.3 cm³/mol. The van der Waals surface area contributed by atoms with Gasteiger partial charge in [-0.1, -0.05) is 29.8 Å². The molecule has 3 N–H and O–H groups in total. The minimum atomic E-state index is -1.28. The zero-order valence-electron chi connectivity index (χ0n) is 11.5. The van der Waals surface area contributed by atoms with Crippen LogP contribution in [0.25, 0.3) is 0 Å². The summed E-state index contributed by atoms with van der Waals surface area (Å²) in [5, 5.41) is 2.69. The molecule has 0 aromatic heterocycles. The number of carbonyl (C=O) groups excluding carboxylic acids is 2. The molecule has 2 unspecified atom stereocenters. The lowest BCUT2D eigenvalue weighted by Crippen LogP contribution is -2.47. The van der Waals surface area contributed by atoms with Crippen molar-refractivity contribution in [3.05, 3.63) is 35.4 Å². The monoisotopic (exact) mass is 264 g/mol. The number of benzene rings is 1. The molecule has 0 aliphatic heterocycles. The van der Waals surface area contributed by atoms with Crippen molar-refractivity contribution in [2.24, 2.45) is 5.73 Å². The van der Waals surface area contributed by atoms with Crippen LogP contribution in [0.2, 0.25) is 0 Å². The third-order valence-corrected chi connectivity index (χ3v) is 2.76. The first-order valence-corrected chi connectivity index (χ1v) is 6.24. The van der Waals surface area contributed by atoms with E-state index in [0.29, 0.717) is 0 Å². The second-order valence-corrected chi connectivity index (χ2v) is 4.37. The van der Waals surface area contributed by atoms with Gasteiger partial charge < -0.3 is 15.8 Å². The highest BCUT2D eigenvalue weighted by molar-refractivity contribution is 6.01. The first kappa shape index (κ1) is 15.2. The number of nitrogens with two attached hydrogens (primary N) is 1. The van der Waals surface area contributed by atoms with Gasteiger partial charge >= 0.3 is 5.97 Å². The van der Waals surface area contributed by atoms with Gasteiger partial charge in [-0.05, 0) is 26.3 Å². The molecule has 0 saturated heterocycles. The highest BCUT2D eigenvalue weighted by Gasteiger charge is 2.24. The topological polar surface area (TPSA) is 81.4 Å². The van der Waals surface area contributed by atoms with E-state index in [-0.39, 0.29) is 12.6 Å². The number of aryl methyl sites for hydroxylation is 1. The fraction of sp³-hybridized carbons (Fsp3) is 0.429. The smallest absolute Gasteiger partial charge is 0.332 e. The summed E-state index contributed by atoms with van der Waals surface area (Å²) in [5.41, 5.74) is 7.61. The highest BCUT2D eigenvalue weighted by atomic mass is 16.5. The Morgan fingerprint density at radius 1 is 1.32 bits per heavy atom. The molecule has 0 bridgehead atoms. The number of amides is 1. The Balaban J connectivity index is 2.61. The summed E-state index contributed by atoms with van der Waals surface area (Å²) in [7, 11) is 0. The average Bonchev–Trinajstić information content (AvgIpc) is 2.38. The van der Waals surface area contributed by atoms with Gasteiger partial charge in [-0.15, -0.1) is 0 Å². The first-order chi connectivity index (χ1) is 8.95. The molecule has 1 aromatic rings. The van der Waals surface area contributed by atoms with Crippen molar-refractivity contribution < 1.29 is 14.3 Å². The molecule has 0 fully saturated rings. The van der Waals surface area contributed by atoms with Crippen LogP contribution >= 0.6 is 0 Å². The van der Waals surface area contributed by atoms with Crippen LogP contribution in [0.3, 0.4) is 0 Å². The van der Waals surface area contributed by atoms with Gasteiger partial charge in [0.2, 0.25) is 5.91 Å². The predicted octanol–water partition coefficient (Wildman–Crippen LogP) is 1.06. The molecule has 0 spiro atoms. The molecule has 0 aliphatic rings. The third-order valence-electron chi connectivity index (χ3n) is 2.76. The second-order valence-electron chi connectivity index (χ2n) is 4.37. The summed E-state index contributed by atoms with van der Waals surface area (Å²) in [4.78, 5) is 23.1. The standard InChI is InChI=1S/C14H20N2O3/c1-4-19-14(18)12(15)13(17)16-10(3)11-7-5-9(2)6-8-11/h5-8,10,12H,4,15H2,1-3H3,(H,16,17). The molecule has 1 aromatic carbocycles. The molecule has 2 atom stereocenters. The zero-order chi connectivity index (χ0) is 14.4. The summed E-state index contributed by atoms with van der Waals surface area (Å²) in [6.07, 6.45) is 0. The van der Waals surface area contributed by atoms with Gasteiger partial charge in [0.05, 0.1) is 12.6 Å². The van der Waals surface area contributed by atoms with E-state index in [1.54, 1.807) is 6.92 Å². The van der Waals surface area contributed by atoms with E-state index in [4.69, 9.17) is 10.5 Å². The fourth-order valence-corrected chi connectivity index (χ4v) is 1.58. The molecule has 19 heavy (non-hydrogen) atoms. The Labute approximate surface area is 113 Å². The van der Waals surface area contributed by atoms with Gasteiger partial charge in [0.25, 0.3) is 0 Å². The van der Waals surface area contributed by atoms with Gasteiger partial charge in [0.15, 0.2) is 6.04 Å². The van der Waals surface area contributed by atoms with Crippen molar-refractivity contribution >= 4 is 11.9 Å². The third kappa shape index (κ3) is 4.37. The maximum Gasteiger partial charge on any atom is 0.332 e. The van der Waals surface area contributed by atoms with Crippen molar-refractivity contribution in [3.8, 4) is 0 Å². The van der Waals surface area contributed by atoms with E-state index in [1.165, 1.54) is 0 Å². The molecule has 104 valence electrons. The number of nitrogens with one attached hydrogen (secondary N) is 1. The van der Waals surface area contributed by atoms with Crippen molar-refractivity contribution in [2.75, 3.05) is 6.61 Å². The van der Waals surface area contributed by atoms with Gasteiger partial charge in [-0.25, -0.2) is 4.79 Å². The van der Waals surface area contributed by atoms with E-state index in [1.807, 2.05) is 38.1 Å². The van der Waals surface area contributed by atoms with E-state index >= 15 is 0 Å². The Kier molecular flexibility index (Phi) is 5.51. The SMILES string of the molecule is CCOC(=O)C(N)C(=O)NC(C)c1ccc(C)cc1. The number of hydrogen-bond acceptors (Lipinski definition) is 4. The summed E-state index contributed by atoms with van der Waals surface area (Å²) in [6.45, 7) is 5.69. The number of rotatable bonds is 5. The van der Waals surface area contributed by atoms with Crippen molar-refractivity contribution in [2.45, 2.75) is 32.9 Å². The maximum atomic E-state index is 11.8.